The second-order valence-electron chi connectivity index (χ2n) is 5.42. The summed E-state index contributed by atoms with van der Waals surface area (Å²) in [5.74, 6) is 1.21. The van der Waals surface area contributed by atoms with Crippen LogP contribution < -0.4 is 9.64 Å². The molecular weight excluding hydrogens is 282 g/mol. The molecule has 0 radical (unpaired) electrons. The minimum absolute atomic E-state index is 0.377. The number of aliphatic hydroxyl groups excluding tert-OH is 1. The van der Waals surface area contributed by atoms with Crippen molar-refractivity contribution in [3.63, 3.8) is 0 Å². The molecule has 1 fully saturated rings. The van der Waals surface area contributed by atoms with E-state index in [9.17, 15) is 10.4 Å². The van der Waals surface area contributed by atoms with Crippen LogP contribution in [0.3, 0.4) is 0 Å². The third kappa shape index (κ3) is 2.61. The topological polar surface area (TPSA) is 87.2 Å². The normalized spacial score (nSPS) is 20.9. The zero-order valence-corrected chi connectivity index (χ0v) is 12.5. The Labute approximate surface area is 128 Å². The molecule has 0 aliphatic carbocycles. The molecule has 7 nitrogen and oxygen atoms in total. The fraction of sp³-hybridized carbons (Fsp3) is 0.400. The number of aliphatic hydroxyl groups is 1. The van der Waals surface area contributed by atoms with Crippen molar-refractivity contribution in [2.24, 2.45) is 7.05 Å². The maximum Gasteiger partial charge on any atom is 0.157 e. The van der Waals surface area contributed by atoms with Crippen LogP contribution >= 0.6 is 0 Å². The number of ether oxygens (including phenoxy) is 1. The quantitative estimate of drug-likeness (QED) is 0.894. The van der Waals surface area contributed by atoms with E-state index in [1.54, 1.807) is 36.4 Å². The summed E-state index contributed by atoms with van der Waals surface area (Å²) in [5.41, 5.74) is 1.41. The molecule has 0 amide bonds. The lowest BCUT2D eigenvalue weighted by Gasteiger charge is -2.18. The molecule has 7 heteroatoms. The van der Waals surface area contributed by atoms with Crippen molar-refractivity contribution >= 4 is 5.82 Å². The van der Waals surface area contributed by atoms with Gasteiger partial charge in [0.15, 0.2) is 5.75 Å². The molecule has 3 rings (SSSR count). The predicted molar refractivity (Wildman–Crippen MR) is 79.5 cm³/mol. The number of anilines is 1. The van der Waals surface area contributed by atoms with Gasteiger partial charge >= 0.3 is 0 Å². The van der Waals surface area contributed by atoms with Crippen LogP contribution in [0.4, 0.5) is 5.82 Å². The van der Waals surface area contributed by atoms with E-state index in [2.05, 4.69) is 16.2 Å². The van der Waals surface area contributed by atoms with E-state index in [1.165, 1.54) is 0 Å². The van der Waals surface area contributed by atoms with Gasteiger partial charge < -0.3 is 14.7 Å². The van der Waals surface area contributed by atoms with E-state index in [4.69, 9.17) is 4.74 Å². The molecule has 0 saturated carbocycles. The Morgan fingerprint density at radius 3 is 2.95 bits per heavy atom. The van der Waals surface area contributed by atoms with E-state index in [0.29, 0.717) is 30.2 Å². The number of aromatic nitrogens is 3. The molecule has 1 N–H and O–H groups in total. The molecule has 0 spiro atoms. The van der Waals surface area contributed by atoms with Crippen LogP contribution in [0.2, 0.25) is 0 Å². The number of nitriles is 1. The standard InChI is InChI=1S/C15H17N5O2/c1-10-3-4-17-15(12(10)5-16)20-8-13(21)14(9-20)22-11-6-18-19(2)7-11/h3-4,6-7,13-14,21H,8-9H2,1-2H3/t13-,14-/m1/s1. The Bertz CT molecular complexity index is 721. The third-order valence-corrected chi connectivity index (χ3v) is 3.76. The largest absolute Gasteiger partial charge is 0.482 e. The molecule has 1 aliphatic heterocycles. The van der Waals surface area contributed by atoms with E-state index in [1.807, 2.05) is 11.8 Å². The Morgan fingerprint density at radius 1 is 1.45 bits per heavy atom. The van der Waals surface area contributed by atoms with Crippen LogP contribution in [-0.2, 0) is 7.05 Å². The van der Waals surface area contributed by atoms with Gasteiger partial charge in [-0.25, -0.2) is 4.98 Å². The van der Waals surface area contributed by atoms with Gasteiger partial charge in [-0.2, -0.15) is 10.4 Å². The van der Waals surface area contributed by atoms with Gasteiger partial charge in [-0.15, -0.1) is 0 Å². The first-order valence-corrected chi connectivity index (χ1v) is 7.02. The summed E-state index contributed by atoms with van der Waals surface area (Å²) in [4.78, 5) is 6.18. The Balaban J connectivity index is 1.79. The molecule has 22 heavy (non-hydrogen) atoms. The lowest BCUT2D eigenvalue weighted by atomic mass is 10.1. The first-order chi connectivity index (χ1) is 10.6. The smallest absolute Gasteiger partial charge is 0.157 e. The van der Waals surface area contributed by atoms with Crippen molar-refractivity contribution in [3.8, 4) is 11.8 Å². The van der Waals surface area contributed by atoms with Gasteiger partial charge in [0.1, 0.15) is 24.1 Å². The van der Waals surface area contributed by atoms with Gasteiger partial charge in [0, 0.05) is 19.8 Å². The van der Waals surface area contributed by atoms with Crippen molar-refractivity contribution in [1.29, 1.82) is 5.26 Å². The van der Waals surface area contributed by atoms with E-state index >= 15 is 0 Å². The van der Waals surface area contributed by atoms with Crippen molar-refractivity contribution in [1.82, 2.24) is 14.8 Å². The molecule has 0 unspecified atom stereocenters. The molecule has 114 valence electrons. The minimum Gasteiger partial charge on any atom is -0.482 e. The van der Waals surface area contributed by atoms with Gasteiger partial charge in [0.05, 0.1) is 24.5 Å². The van der Waals surface area contributed by atoms with Crippen molar-refractivity contribution in [2.75, 3.05) is 18.0 Å². The summed E-state index contributed by atoms with van der Waals surface area (Å²) in [5, 5.41) is 23.6. The van der Waals surface area contributed by atoms with E-state index < -0.39 is 6.10 Å². The highest BCUT2D eigenvalue weighted by Gasteiger charge is 2.35. The van der Waals surface area contributed by atoms with Crippen LogP contribution in [0.15, 0.2) is 24.7 Å². The number of aryl methyl sites for hydroxylation is 2. The van der Waals surface area contributed by atoms with Crippen molar-refractivity contribution in [3.05, 3.63) is 35.8 Å². The SMILES string of the molecule is Cc1ccnc(N2C[C@@H](O)[C@H](Oc3cnn(C)c3)C2)c1C#N. The third-order valence-electron chi connectivity index (χ3n) is 3.76. The number of hydrogen-bond acceptors (Lipinski definition) is 6. The number of pyridine rings is 1. The van der Waals surface area contributed by atoms with E-state index in [-0.39, 0.29) is 6.10 Å². The number of rotatable bonds is 3. The fourth-order valence-electron chi connectivity index (χ4n) is 2.60. The average molecular weight is 299 g/mol. The Kier molecular flexibility index (Phi) is 3.69. The Hall–Kier alpha value is -2.59. The molecule has 0 bridgehead atoms. The highest BCUT2D eigenvalue weighted by atomic mass is 16.5. The summed E-state index contributed by atoms with van der Waals surface area (Å²) >= 11 is 0. The predicted octanol–water partition coefficient (Wildman–Crippen LogP) is 0.624. The van der Waals surface area contributed by atoms with Gasteiger partial charge in [-0.3, -0.25) is 4.68 Å². The molecule has 0 aromatic carbocycles. The molecule has 2 atom stereocenters. The molecule has 2 aromatic rings. The maximum absolute atomic E-state index is 10.2. The molecule has 1 saturated heterocycles. The Morgan fingerprint density at radius 2 is 2.27 bits per heavy atom. The first kappa shape index (κ1) is 14.4. The zero-order chi connectivity index (χ0) is 15.7. The summed E-state index contributed by atoms with van der Waals surface area (Å²) in [6, 6.07) is 3.99. The monoisotopic (exact) mass is 299 g/mol. The van der Waals surface area contributed by atoms with Gasteiger partial charge in [-0.05, 0) is 18.6 Å². The van der Waals surface area contributed by atoms with Gasteiger partial charge in [-0.1, -0.05) is 0 Å². The second-order valence-corrected chi connectivity index (χ2v) is 5.42. The summed E-state index contributed by atoms with van der Waals surface area (Å²) in [6.45, 7) is 2.73. The van der Waals surface area contributed by atoms with E-state index in [0.717, 1.165) is 5.56 Å². The van der Waals surface area contributed by atoms with Crippen LogP contribution in [-0.4, -0.2) is 45.2 Å². The lowest BCUT2D eigenvalue weighted by molar-refractivity contribution is 0.0737. The molecule has 2 aromatic heterocycles. The minimum atomic E-state index is -0.644. The lowest BCUT2D eigenvalue weighted by Crippen LogP contribution is -2.29. The fourth-order valence-corrected chi connectivity index (χ4v) is 2.60. The number of hydrogen-bond donors (Lipinski definition) is 1. The summed E-state index contributed by atoms with van der Waals surface area (Å²) in [7, 11) is 1.81. The van der Waals surface area contributed by atoms with Gasteiger partial charge in [0.2, 0.25) is 0 Å². The van der Waals surface area contributed by atoms with Crippen LogP contribution in [0.5, 0.6) is 5.75 Å². The average Bonchev–Trinajstić information content (AvgIpc) is 3.06. The van der Waals surface area contributed by atoms with Crippen molar-refractivity contribution < 1.29 is 9.84 Å². The summed E-state index contributed by atoms with van der Waals surface area (Å²) in [6.07, 6.45) is 4.02. The molecular formula is C15H17N5O2. The van der Waals surface area contributed by atoms with Crippen LogP contribution in [0.25, 0.3) is 0 Å². The zero-order valence-electron chi connectivity index (χ0n) is 12.5. The van der Waals surface area contributed by atoms with Crippen LogP contribution in [0, 0.1) is 18.3 Å². The molecule has 1 aliphatic rings. The van der Waals surface area contributed by atoms with Crippen molar-refractivity contribution in [2.45, 2.75) is 19.1 Å². The maximum atomic E-state index is 10.2. The highest BCUT2D eigenvalue weighted by Crippen LogP contribution is 2.26. The van der Waals surface area contributed by atoms with Crippen LogP contribution in [0.1, 0.15) is 11.1 Å². The number of nitrogens with zero attached hydrogens (tertiary/aromatic N) is 5. The highest BCUT2D eigenvalue weighted by molar-refractivity contribution is 5.58. The second kappa shape index (κ2) is 5.66. The van der Waals surface area contributed by atoms with Gasteiger partial charge in [0.25, 0.3) is 0 Å². The summed E-state index contributed by atoms with van der Waals surface area (Å²) < 4.78 is 7.42. The molecule has 3 heterocycles. The first-order valence-electron chi connectivity index (χ1n) is 7.02. The number of β-amino-alcohol motifs (C(OH)–C–C–N with tert-alkyl or cyclic N) is 1.